The maximum atomic E-state index is 14.7. The van der Waals surface area contributed by atoms with Crippen LogP contribution in [0.4, 0.5) is 43.9 Å². The first-order valence-corrected chi connectivity index (χ1v) is 26.6. The van der Waals surface area contributed by atoms with Crippen molar-refractivity contribution in [2.45, 2.75) is 54.3 Å². The molecule has 2 aliphatic heterocycles. The van der Waals surface area contributed by atoms with E-state index in [1.165, 1.54) is 34.1 Å². The van der Waals surface area contributed by atoms with Crippen molar-refractivity contribution in [2.24, 2.45) is 0 Å². The van der Waals surface area contributed by atoms with Gasteiger partial charge in [0, 0.05) is 69.4 Å². The van der Waals surface area contributed by atoms with Crippen molar-refractivity contribution < 1.29 is 61.9 Å². The van der Waals surface area contributed by atoms with Gasteiger partial charge in [0.05, 0.1) is 58.9 Å². The van der Waals surface area contributed by atoms with E-state index in [1.54, 1.807) is 60.3 Å². The Morgan fingerprint density at radius 1 is 0.564 bits per heavy atom. The Kier molecular flexibility index (Phi) is 18.2. The smallest absolute Gasteiger partial charge is 0.336 e. The lowest BCUT2D eigenvalue weighted by Crippen LogP contribution is -2.38. The molecule has 2 saturated heterocycles. The predicted molar refractivity (Wildman–Crippen MR) is 274 cm³/mol. The van der Waals surface area contributed by atoms with E-state index in [-0.39, 0.29) is 77.8 Å². The number of nitrogens with zero attached hydrogens (tertiary/aromatic N) is 5. The standard InChI is InChI=1S/C27H20Cl2F5N3O.C27H23Cl2F5N2O3S/c1-36(12-16-3-6-20(24(31)9-16)27(32,33)34)25-14-37(13-19(25)17-4-7-21(28)22(29)10-17)26(38)18-5-2-15(11-35)8-23(18)30;1-35(12-15-3-6-20(24(31)9-15)27(32,33)34)25-14-36(13-19(25)16-4-7-21(28)22(29)10-16)26(37)18-11-17(40(2,38)39)5-8-23(18)30/h2-10,19,25H,12-14H2,1H3;3-11,19,25H,12-14H2,1-2H3. The van der Waals surface area contributed by atoms with Gasteiger partial charge in [-0.1, -0.05) is 70.7 Å². The Morgan fingerprint density at radius 3 is 1.40 bits per heavy atom. The molecule has 0 N–H and O–H groups in total. The molecule has 0 radical (unpaired) electrons. The van der Waals surface area contributed by atoms with Gasteiger partial charge in [0.25, 0.3) is 11.8 Å². The topological polar surface area (TPSA) is 105 Å². The molecule has 2 heterocycles. The van der Waals surface area contributed by atoms with Gasteiger partial charge in [-0.25, -0.2) is 26.0 Å². The molecule has 78 heavy (non-hydrogen) atoms. The minimum Gasteiger partial charge on any atom is -0.336 e. The summed E-state index contributed by atoms with van der Waals surface area (Å²) in [6.07, 6.45) is -8.69. The molecule has 6 aromatic carbocycles. The third kappa shape index (κ3) is 13.7. The van der Waals surface area contributed by atoms with Crippen molar-refractivity contribution in [1.82, 2.24) is 19.6 Å². The van der Waals surface area contributed by atoms with Crippen LogP contribution in [0.1, 0.15) is 71.5 Å². The zero-order valence-corrected chi connectivity index (χ0v) is 44.9. The van der Waals surface area contributed by atoms with E-state index < -0.39 is 85.9 Å². The lowest BCUT2D eigenvalue weighted by atomic mass is 9.93. The van der Waals surface area contributed by atoms with E-state index in [1.807, 2.05) is 6.07 Å². The highest BCUT2D eigenvalue weighted by molar-refractivity contribution is 7.90. The third-order valence-electron chi connectivity index (χ3n) is 13.5. The van der Waals surface area contributed by atoms with Crippen molar-refractivity contribution in [1.29, 1.82) is 5.26 Å². The lowest BCUT2D eigenvalue weighted by molar-refractivity contribution is -0.140. The quantitative estimate of drug-likeness (QED) is 0.0940. The average molecular weight is 1190 g/mol. The minimum absolute atomic E-state index is 0.0392. The highest BCUT2D eigenvalue weighted by Gasteiger charge is 2.42. The van der Waals surface area contributed by atoms with Crippen molar-refractivity contribution in [3.05, 3.63) is 203 Å². The second-order valence-electron chi connectivity index (χ2n) is 18.8. The summed E-state index contributed by atoms with van der Waals surface area (Å²) in [5.74, 6) is -6.51. The number of likely N-dealkylation sites (N-methyl/N-ethyl adjacent to an activating group) is 2. The number of carbonyl (C=O) groups is 2. The molecule has 0 spiro atoms. The van der Waals surface area contributed by atoms with Gasteiger partial charge in [-0.2, -0.15) is 31.6 Å². The number of hydrogen-bond donors (Lipinski definition) is 0. The fourth-order valence-corrected chi connectivity index (χ4v) is 10.8. The second kappa shape index (κ2) is 23.8. The van der Waals surface area contributed by atoms with Crippen molar-refractivity contribution in [3.8, 4) is 6.07 Å². The summed E-state index contributed by atoms with van der Waals surface area (Å²) in [4.78, 5) is 32.8. The van der Waals surface area contributed by atoms with Crippen LogP contribution in [0.5, 0.6) is 0 Å². The Bertz CT molecular complexity index is 3440. The fourth-order valence-electron chi connectivity index (χ4n) is 9.52. The van der Waals surface area contributed by atoms with Crippen LogP contribution < -0.4 is 0 Å². The molecule has 0 bridgehead atoms. The number of nitriles is 1. The van der Waals surface area contributed by atoms with Crippen LogP contribution in [0.25, 0.3) is 0 Å². The van der Waals surface area contributed by atoms with Crippen molar-refractivity contribution in [3.63, 3.8) is 0 Å². The van der Waals surface area contributed by atoms with Gasteiger partial charge in [0.2, 0.25) is 0 Å². The average Bonchev–Trinajstić information content (AvgIpc) is 4.02. The Labute approximate surface area is 462 Å². The molecule has 0 saturated carbocycles. The molecule has 24 heteroatoms. The van der Waals surface area contributed by atoms with Gasteiger partial charge in [-0.15, -0.1) is 0 Å². The number of likely N-dealkylation sites (tertiary alicyclic amines) is 2. The maximum absolute atomic E-state index is 14.7. The first-order chi connectivity index (χ1) is 36.4. The third-order valence-corrected chi connectivity index (χ3v) is 16.1. The Balaban J connectivity index is 0.000000226. The van der Waals surface area contributed by atoms with Gasteiger partial charge in [0.15, 0.2) is 9.84 Å². The molecule has 4 unspecified atom stereocenters. The van der Waals surface area contributed by atoms with Crippen LogP contribution in [0.2, 0.25) is 20.1 Å². The number of rotatable bonds is 11. The van der Waals surface area contributed by atoms with Crippen LogP contribution in [0.3, 0.4) is 0 Å². The molecule has 412 valence electrons. The number of halogens is 14. The van der Waals surface area contributed by atoms with Crippen LogP contribution in [-0.2, 0) is 35.3 Å². The van der Waals surface area contributed by atoms with Crippen LogP contribution in [0, 0.1) is 34.6 Å². The molecule has 0 aliphatic carbocycles. The second-order valence-corrected chi connectivity index (χ2v) is 22.4. The molecule has 6 aromatic rings. The summed E-state index contributed by atoms with van der Waals surface area (Å²) < 4.78 is 160. The maximum Gasteiger partial charge on any atom is 0.419 e. The van der Waals surface area contributed by atoms with Gasteiger partial charge in [-0.05, 0) is 121 Å². The molecule has 8 rings (SSSR count). The number of sulfone groups is 1. The molecule has 2 amide bonds. The minimum atomic E-state index is -4.83. The molecule has 9 nitrogen and oxygen atoms in total. The lowest BCUT2D eigenvalue weighted by Gasteiger charge is -2.29. The largest absolute Gasteiger partial charge is 0.419 e. The number of carbonyl (C=O) groups excluding carboxylic acids is 2. The molecule has 2 fully saturated rings. The van der Waals surface area contributed by atoms with E-state index >= 15 is 0 Å². The molecular weight excluding hydrogens is 1150 g/mol. The van der Waals surface area contributed by atoms with E-state index in [2.05, 4.69) is 0 Å². The normalized spacial score (nSPS) is 17.8. The fraction of sp³-hybridized carbons (Fsp3) is 0.278. The zero-order valence-electron chi connectivity index (χ0n) is 41.0. The first-order valence-electron chi connectivity index (χ1n) is 23.2. The molecule has 4 atom stereocenters. The summed E-state index contributed by atoms with van der Waals surface area (Å²) in [5.41, 5.74) is -1.20. The molecule has 2 aliphatic rings. The number of hydrogen-bond acceptors (Lipinski definition) is 7. The van der Waals surface area contributed by atoms with Gasteiger partial charge in [0.1, 0.15) is 23.3 Å². The predicted octanol–water partition coefficient (Wildman–Crippen LogP) is 13.3. The van der Waals surface area contributed by atoms with Crippen LogP contribution >= 0.6 is 46.4 Å². The molecular formula is C54H43Cl4F10N5O4S. The summed E-state index contributed by atoms with van der Waals surface area (Å²) in [7, 11) is -0.331. The highest BCUT2D eigenvalue weighted by atomic mass is 35.5. The zero-order chi connectivity index (χ0) is 57.3. The number of benzene rings is 6. The highest BCUT2D eigenvalue weighted by Crippen LogP contribution is 2.39. The van der Waals surface area contributed by atoms with E-state index in [9.17, 15) is 61.9 Å². The number of amides is 2. The monoisotopic (exact) mass is 1190 g/mol. The number of alkyl halides is 6. The van der Waals surface area contributed by atoms with E-state index in [4.69, 9.17) is 51.7 Å². The van der Waals surface area contributed by atoms with E-state index in [0.29, 0.717) is 38.3 Å². The van der Waals surface area contributed by atoms with Gasteiger partial charge >= 0.3 is 12.4 Å². The molecule has 0 aromatic heterocycles. The first kappa shape index (κ1) is 59.7. The van der Waals surface area contributed by atoms with Crippen LogP contribution in [-0.4, -0.2) is 98.4 Å². The van der Waals surface area contributed by atoms with Crippen molar-refractivity contribution in [2.75, 3.05) is 46.5 Å². The van der Waals surface area contributed by atoms with Crippen molar-refractivity contribution >= 4 is 68.1 Å². The summed E-state index contributed by atoms with van der Waals surface area (Å²) in [6, 6.07) is 23.0. The summed E-state index contributed by atoms with van der Waals surface area (Å²) >= 11 is 24.6. The SMILES string of the molecule is CN(Cc1ccc(C(F)(F)F)c(F)c1)C1CN(C(=O)c2cc(S(C)(=O)=O)ccc2F)CC1c1ccc(Cl)c(Cl)c1.CN(Cc1ccc(C(F)(F)F)c(F)c1)C1CN(C(=O)c2ccc(C#N)cc2F)CC1c1ccc(Cl)c(Cl)c1. The Hall–Kier alpha value is -5.92. The summed E-state index contributed by atoms with van der Waals surface area (Å²) in [6.45, 7) is 0.624. The van der Waals surface area contributed by atoms with Gasteiger partial charge in [-0.3, -0.25) is 19.4 Å². The van der Waals surface area contributed by atoms with E-state index in [0.717, 1.165) is 48.2 Å². The van der Waals surface area contributed by atoms with Crippen LogP contribution in [0.15, 0.2) is 114 Å². The Morgan fingerprint density at radius 2 is 1.01 bits per heavy atom. The summed E-state index contributed by atoms with van der Waals surface area (Å²) in [5, 5.41) is 10.2. The van der Waals surface area contributed by atoms with Gasteiger partial charge < -0.3 is 9.80 Å².